The monoisotopic (exact) mass is 420 g/mol. The number of aromatic nitrogens is 2. The summed E-state index contributed by atoms with van der Waals surface area (Å²) in [5.41, 5.74) is 7.91. The first-order valence-electron chi connectivity index (χ1n) is 10.3. The van der Waals surface area contributed by atoms with Crippen molar-refractivity contribution < 1.29 is 14.7 Å². The number of nitrogens with two attached hydrogens (primary N) is 1. The molecule has 0 bridgehead atoms. The van der Waals surface area contributed by atoms with Crippen LogP contribution in [-0.4, -0.2) is 39.5 Å². The number of nitrogens with one attached hydrogen (secondary N) is 1. The Morgan fingerprint density at radius 1 is 1.39 bits per heavy atom. The molecule has 7 heteroatoms. The molecule has 4 N–H and O–H groups in total. The van der Waals surface area contributed by atoms with Gasteiger partial charge in [0.05, 0.1) is 0 Å². The van der Waals surface area contributed by atoms with Crippen molar-refractivity contribution in [3.05, 3.63) is 46.8 Å². The molecular weight excluding hydrogens is 392 g/mol. The van der Waals surface area contributed by atoms with E-state index < -0.39 is 11.5 Å². The molecule has 1 atom stereocenters. The summed E-state index contributed by atoms with van der Waals surface area (Å²) < 4.78 is 0. The SMILES string of the molecule is CC(O)(C#Cc1cccc(-c2nc3c(c(C(N)=O)n2)CC(C)(C)CC3)c1)CCNC=O. The van der Waals surface area contributed by atoms with E-state index >= 15 is 0 Å². The molecule has 1 aromatic carbocycles. The maximum absolute atomic E-state index is 12.1. The van der Waals surface area contributed by atoms with Gasteiger partial charge in [-0.05, 0) is 43.7 Å². The third-order valence-corrected chi connectivity index (χ3v) is 5.46. The highest BCUT2D eigenvalue weighted by molar-refractivity contribution is 5.93. The van der Waals surface area contributed by atoms with Crippen molar-refractivity contribution >= 4 is 12.3 Å². The summed E-state index contributed by atoms with van der Waals surface area (Å²) in [5, 5.41) is 12.9. The molecule has 31 heavy (non-hydrogen) atoms. The number of benzene rings is 1. The van der Waals surface area contributed by atoms with Crippen LogP contribution in [0.4, 0.5) is 0 Å². The number of carbonyl (C=O) groups excluding carboxylic acids is 2. The van der Waals surface area contributed by atoms with Gasteiger partial charge in [0.15, 0.2) is 5.82 Å². The fourth-order valence-corrected chi connectivity index (χ4v) is 3.66. The van der Waals surface area contributed by atoms with Crippen LogP contribution in [0.15, 0.2) is 24.3 Å². The lowest BCUT2D eigenvalue weighted by Crippen LogP contribution is -2.28. The number of hydrogen-bond donors (Lipinski definition) is 3. The number of primary amides is 1. The van der Waals surface area contributed by atoms with Gasteiger partial charge in [0.2, 0.25) is 6.41 Å². The molecule has 0 saturated carbocycles. The average molecular weight is 421 g/mol. The van der Waals surface area contributed by atoms with E-state index in [0.29, 0.717) is 30.8 Å². The normalized spacial score (nSPS) is 16.3. The van der Waals surface area contributed by atoms with Crippen LogP contribution < -0.4 is 11.1 Å². The van der Waals surface area contributed by atoms with Gasteiger partial charge in [0.1, 0.15) is 11.3 Å². The largest absolute Gasteiger partial charge is 0.378 e. The molecule has 1 heterocycles. The van der Waals surface area contributed by atoms with Crippen molar-refractivity contribution in [3.63, 3.8) is 0 Å². The van der Waals surface area contributed by atoms with Crippen molar-refractivity contribution in [2.75, 3.05) is 6.54 Å². The van der Waals surface area contributed by atoms with E-state index in [-0.39, 0.29) is 11.1 Å². The lowest BCUT2D eigenvalue weighted by molar-refractivity contribution is -0.109. The standard InChI is InChI=1S/C24H28N4O3/c1-23(2)9-8-19-18(14-23)20(21(25)30)28-22(27-19)17-6-4-5-16(13-17)7-10-24(3,31)11-12-26-15-29/h4-6,13,15,31H,8-9,11-12,14H2,1-3H3,(H2,25,30)(H,26,29). The van der Waals surface area contributed by atoms with E-state index in [1.165, 1.54) is 0 Å². The molecule has 0 spiro atoms. The maximum atomic E-state index is 12.1. The fraction of sp³-hybridized carbons (Fsp3) is 0.417. The minimum atomic E-state index is -1.24. The second-order valence-electron chi connectivity index (χ2n) is 8.95. The molecular formula is C24H28N4O3. The number of aliphatic hydroxyl groups is 1. The van der Waals surface area contributed by atoms with E-state index in [9.17, 15) is 14.7 Å². The Hall–Kier alpha value is -3.24. The Kier molecular flexibility index (Phi) is 6.42. The topological polar surface area (TPSA) is 118 Å². The van der Waals surface area contributed by atoms with Gasteiger partial charge in [-0.3, -0.25) is 9.59 Å². The summed E-state index contributed by atoms with van der Waals surface area (Å²) >= 11 is 0. The zero-order valence-corrected chi connectivity index (χ0v) is 18.2. The Morgan fingerprint density at radius 2 is 2.16 bits per heavy atom. The molecule has 162 valence electrons. The Labute approximate surface area is 182 Å². The number of amides is 2. The van der Waals surface area contributed by atoms with Crippen molar-refractivity contribution in [1.29, 1.82) is 0 Å². The molecule has 2 amide bonds. The van der Waals surface area contributed by atoms with Crippen molar-refractivity contribution in [1.82, 2.24) is 15.3 Å². The molecule has 0 fully saturated rings. The second kappa shape index (κ2) is 8.86. The van der Waals surface area contributed by atoms with E-state index in [1.54, 1.807) is 6.92 Å². The predicted molar refractivity (Wildman–Crippen MR) is 118 cm³/mol. The van der Waals surface area contributed by atoms with Gasteiger partial charge in [0, 0.05) is 35.3 Å². The smallest absolute Gasteiger partial charge is 0.267 e. The van der Waals surface area contributed by atoms with Crippen molar-refractivity contribution in [2.45, 2.75) is 52.1 Å². The van der Waals surface area contributed by atoms with Gasteiger partial charge in [-0.2, -0.15) is 0 Å². The number of nitrogens with zero attached hydrogens (tertiary/aromatic N) is 2. The van der Waals surface area contributed by atoms with Crippen LogP contribution in [0.1, 0.15) is 60.9 Å². The first kappa shape index (κ1) is 22.4. The summed E-state index contributed by atoms with van der Waals surface area (Å²) in [6, 6.07) is 7.34. The highest BCUT2D eigenvalue weighted by atomic mass is 16.3. The third-order valence-electron chi connectivity index (χ3n) is 5.46. The zero-order chi connectivity index (χ0) is 22.6. The molecule has 1 aliphatic carbocycles. The van der Waals surface area contributed by atoms with Gasteiger partial charge in [-0.25, -0.2) is 9.97 Å². The Balaban J connectivity index is 1.93. The van der Waals surface area contributed by atoms with E-state index in [1.807, 2.05) is 24.3 Å². The van der Waals surface area contributed by atoms with Crippen LogP contribution in [0.2, 0.25) is 0 Å². The van der Waals surface area contributed by atoms with Crippen LogP contribution in [0.25, 0.3) is 11.4 Å². The molecule has 0 saturated heterocycles. The summed E-state index contributed by atoms with van der Waals surface area (Å²) in [6.07, 6.45) is 3.38. The van der Waals surface area contributed by atoms with E-state index in [0.717, 1.165) is 36.1 Å². The van der Waals surface area contributed by atoms with Gasteiger partial charge in [-0.15, -0.1) is 0 Å². The summed E-state index contributed by atoms with van der Waals surface area (Å²) in [7, 11) is 0. The lowest BCUT2D eigenvalue weighted by atomic mass is 9.75. The van der Waals surface area contributed by atoms with E-state index in [4.69, 9.17) is 10.7 Å². The highest BCUT2D eigenvalue weighted by Crippen LogP contribution is 2.36. The van der Waals surface area contributed by atoms with Crippen LogP contribution in [0.3, 0.4) is 0 Å². The second-order valence-corrected chi connectivity index (χ2v) is 8.95. The molecule has 1 unspecified atom stereocenters. The van der Waals surface area contributed by atoms with Gasteiger partial charge in [0.25, 0.3) is 5.91 Å². The van der Waals surface area contributed by atoms with Gasteiger partial charge in [-0.1, -0.05) is 37.8 Å². The number of fused-ring (bicyclic) bond motifs is 1. The summed E-state index contributed by atoms with van der Waals surface area (Å²) in [5.74, 6) is 5.70. The molecule has 3 rings (SSSR count). The van der Waals surface area contributed by atoms with Crippen molar-refractivity contribution in [3.8, 4) is 23.2 Å². The highest BCUT2D eigenvalue weighted by Gasteiger charge is 2.30. The van der Waals surface area contributed by atoms with E-state index in [2.05, 4.69) is 36.0 Å². The molecule has 2 aromatic rings. The molecule has 7 nitrogen and oxygen atoms in total. The maximum Gasteiger partial charge on any atom is 0.267 e. The minimum Gasteiger partial charge on any atom is -0.378 e. The molecule has 1 aromatic heterocycles. The first-order chi connectivity index (χ1) is 14.6. The fourth-order valence-electron chi connectivity index (χ4n) is 3.66. The predicted octanol–water partition coefficient (Wildman–Crippen LogP) is 2.00. The summed E-state index contributed by atoms with van der Waals surface area (Å²) in [4.78, 5) is 31.7. The first-order valence-corrected chi connectivity index (χ1v) is 10.3. The molecule has 0 radical (unpaired) electrons. The van der Waals surface area contributed by atoms with Crippen LogP contribution in [-0.2, 0) is 17.6 Å². The lowest BCUT2D eigenvalue weighted by Gasteiger charge is -2.31. The molecule has 0 aliphatic heterocycles. The van der Waals surface area contributed by atoms with Crippen molar-refractivity contribution in [2.24, 2.45) is 11.1 Å². The third kappa shape index (κ3) is 5.68. The Bertz CT molecular complexity index is 1060. The molecule has 1 aliphatic rings. The summed E-state index contributed by atoms with van der Waals surface area (Å²) in [6.45, 7) is 6.27. The van der Waals surface area contributed by atoms with Crippen LogP contribution >= 0.6 is 0 Å². The minimum absolute atomic E-state index is 0.0791. The number of aryl methyl sites for hydroxylation is 1. The zero-order valence-electron chi connectivity index (χ0n) is 18.2. The quantitative estimate of drug-likeness (QED) is 0.375. The van der Waals surface area contributed by atoms with Gasteiger partial charge < -0.3 is 16.2 Å². The number of carbonyl (C=O) groups is 2. The number of rotatable bonds is 6. The van der Waals surface area contributed by atoms with Crippen LogP contribution in [0.5, 0.6) is 0 Å². The average Bonchev–Trinajstić information content (AvgIpc) is 2.71. The Morgan fingerprint density at radius 3 is 2.87 bits per heavy atom. The number of hydrogen-bond acceptors (Lipinski definition) is 5. The van der Waals surface area contributed by atoms with Crippen LogP contribution in [0, 0.1) is 17.3 Å². The van der Waals surface area contributed by atoms with Gasteiger partial charge >= 0.3 is 0 Å².